The van der Waals surface area contributed by atoms with E-state index < -0.39 is 8.07 Å². The zero-order valence-corrected chi connectivity index (χ0v) is 15.5. The fraction of sp³-hybridized carbons (Fsp3) is 0.500. The van der Waals surface area contributed by atoms with E-state index in [1.807, 2.05) is 0 Å². The number of benzene rings is 1. The third kappa shape index (κ3) is 4.20. The second-order valence-electron chi connectivity index (χ2n) is 7.38. The van der Waals surface area contributed by atoms with E-state index in [1.165, 1.54) is 16.3 Å². The van der Waals surface area contributed by atoms with E-state index in [1.54, 1.807) is 0 Å². The van der Waals surface area contributed by atoms with E-state index in [-0.39, 0.29) is 6.10 Å². The van der Waals surface area contributed by atoms with Gasteiger partial charge in [0.25, 0.3) is 0 Å². The van der Waals surface area contributed by atoms with Gasteiger partial charge in [0, 0.05) is 0 Å². The summed E-state index contributed by atoms with van der Waals surface area (Å²) in [4.78, 5) is 0. The van der Waals surface area contributed by atoms with Gasteiger partial charge in [0.1, 0.15) is 0 Å². The molecule has 2 heteroatoms. The van der Waals surface area contributed by atoms with Crippen LogP contribution in [0.1, 0.15) is 39.5 Å². The average molecular weight is 315 g/mol. The number of hydrogen-bond acceptors (Lipinski definition) is 1. The largest absolute Gasteiger partial charge is 0.393 e. The molecule has 1 aliphatic rings. The summed E-state index contributed by atoms with van der Waals surface area (Å²) in [6.45, 7) is 9.10. The minimum Gasteiger partial charge on any atom is -0.393 e. The van der Waals surface area contributed by atoms with Crippen molar-refractivity contribution in [3.63, 3.8) is 0 Å². The van der Waals surface area contributed by atoms with Gasteiger partial charge in [-0.2, -0.15) is 0 Å². The second kappa shape index (κ2) is 7.43. The van der Waals surface area contributed by atoms with E-state index in [0.717, 1.165) is 25.7 Å². The fourth-order valence-corrected chi connectivity index (χ4v) is 6.82. The number of hydrogen-bond donors (Lipinski definition) is 1. The Morgan fingerprint density at radius 3 is 2.50 bits per heavy atom. The van der Waals surface area contributed by atoms with Crippen molar-refractivity contribution in [2.24, 2.45) is 0 Å². The first-order valence-corrected chi connectivity index (χ1v) is 11.5. The molecule has 0 spiro atoms. The first kappa shape index (κ1) is 17.2. The van der Waals surface area contributed by atoms with E-state index in [2.05, 4.69) is 69.4 Å². The molecule has 2 atom stereocenters. The van der Waals surface area contributed by atoms with Crippen LogP contribution < -0.4 is 5.19 Å². The molecule has 1 aliphatic carbocycles. The maximum atomic E-state index is 10.7. The van der Waals surface area contributed by atoms with Crippen LogP contribution in [-0.4, -0.2) is 19.3 Å². The zero-order chi connectivity index (χ0) is 16.2. The Morgan fingerprint density at radius 1 is 1.23 bits per heavy atom. The Labute approximate surface area is 136 Å². The van der Waals surface area contributed by atoms with E-state index >= 15 is 0 Å². The Kier molecular flexibility index (Phi) is 5.82. The van der Waals surface area contributed by atoms with Gasteiger partial charge in [-0.25, -0.2) is 0 Å². The Hall–Kier alpha value is -1.12. The van der Waals surface area contributed by atoms with Crippen molar-refractivity contribution in [1.29, 1.82) is 0 Å². The highest BCUT2D eigenvalue weighted by molar-refractivity contribution is 6.91. The maximum Gasteiger partial charge on any atom is 0.0865 e. The lowest BCUT2D eigenvalue weighted by Gasteiger charge is -2.38. The fourth-order valence-electron chi connectivity index (χ4n) is 3.55. The van der Waals surface area contributed by atoms with Gasteiger partial charge in [-0.1, -0.05) is 71.9 Å². The summed E-state index contributed by atoms with van der Waals surface area (Å²) in [5.41, 5.74) is 3.26. The SMILES string of the molecule is CC(C)=CCCC1=CC[C@H]([Si](C)(C)c2ccccc2)[C@@H](O)C1. The normalized spacial score (nSPS) is 22.1. The van der Waals surface area contributed by atoms with Crippen molar-refractivity contribution in [2.75, 3.05) is 0 Å². The molecule has 0 unspecified atom stereocenters. The van der Waals surface area contributed by atoms with Crippen molar-refractivity contribution in [1.82, 2.24) is 0 Å². The van der Waals surface area contributed by atoms with Crippen LogP contribution in [0, 0.1) is 0 Å². The third-order valence-corrected chi connectivity index (χ3v) is 9.35. The van der Waals surface area contributed by atoms with Crippen molar-refractivity contribution in [3.05, 3.63) is 53.6 Å². The number of aliphatic hydroxyl groups excluding tert-OH is 1. The minimum atomic E-state index is -1.63. The molecule has 0 fully saturated rings. The molecule has 0 heterocycles. The highest BCUT2D eigenvalue weighted by atomic mass is 28.3. The van der Waals surface area contributed by atoms with Gasteiger partial charge < -0.3 is 5.11 Å². The number of allylic oxidation sites excluding steroid dienone is 3. The van der Waals surface area contributed by atoms with Crippen LogP contribution >= 0.6 is 0 Å². The second-order valence-corrected chi connectivity index (χ2v) is 12.1. The summed E-state index contributed by atoms with van der Waals surface area (Å²) in [5.74, 6) is 0. The van der Waals surface area contributed by atoms with Crippen molar-refractivity contribution in [2.45, 2.75) is 64.3 Å². The monoisotopic (exact) mass is 314 g/mol. The van der Waals surface area contributed by atoms with Crippen LogP contribution in [0.3, 0.4) is 0 Å². The Bertz CT molecular complexity index is 538. The summed E-state index contributed by atoms with van der Waals surface area (Å²) >= 11 is 0. The maximum absolute atomic E-state index is 10.7. The molecule has 1 aromatic rings. The van der Waals surface area contributed by atoms with E-state index in [9.17, 15) is 5.11 Å². The number of aliphatic hydroxyl groups is 1. The van der Waals surface area contributed by atoms with Gasteiger partial charge in [-0.05, 0) is 45.1 Å². The summed E-state index contributed by atoms with van der Waals surface area (Å²) in [7, 11) is -1.63. The van der Waals surface area contributed by atoms with Gasteiger partial charge in [-0.3, -0.25) is 0 Å². The first-order chi connectivity index (χ1) is 10.4. The van der Waals surface area contributed by atoms with Gasteiger partial charge >= 0.3 is 0 Å². The van der Waals surface area contributed by atoms with Gasteiger partial charge in [0.15, 0.2) is 0 Å². The van der Waals surface area contributed by atoms with E-state index in [0.29, 0.717) is 5.54 Å². The lowest BCUT2D eigenvalue weighted by atomic mass is 9.93. The Morgan fingerprint density at radius 2 is 1.91 bits per heavy atom. The average Bonchev–Trinajstić information content (AvgIpc) is 2.47. The molecule has 0 radical (unpaired) electrons. The minimum absolute atomic E-state index is 0.173. The predicted molar refractivity (Wildman–Crippen MR) is 99.3 cm³/mol. The van der Waals surface area contributed by atoms with Crippen LogP contribution in [0.15, 0.2) is 53.6 Å². The van der Waals surface area contributed by atoms with Crippen LogP contribution in [0.4, 0.5) is 0 Å². The summed E-state index contributed by atoms with van der Waals surface area (Å²) in [6, 6.07) is 10.8. The zero-order valence-electron chi connectivity index (χ0n) is 14.5. The molecule has 0 aliphatic heterocycles. The molecule has 0 amide bonds. The molecule has 1 aromatic carbocycles. The van der Waals surface area contributed by atoms with Crippen molar-refractivity contribution < 1.29 is 5.11 Å². The first-order valence-electron chi connectivity index (χ1n) is 8.46. The molecule has 0 bridgehead atoms. The quantitative estimate of drug-likeness (QED) is 0.611. The van der Waals surface area contributed by atoms with E-state index in [4.69, 9.17) is 0 Å². The topological polar surface area (TPSA) is 20.2 Å². The lowest BCUT2D eigenvalue weighted by molar-refractivity contribution is 0.157. The molecule has 2 rings (SSSR count). The molecule has 0 saturated heterocycles. The third-order valence-electron chi connectivity index (χ3n) is 5.06. The number of rotatable bonds is 5. The Balaban J connectivity index is 2.06. The highest BCUT2D eigenvalue weighted by Gasteiger charge is 2.39. The van der Waals surface area contributed by atoms with Crippen LogP contribution in [0.25, 0.3) is 0 Å². The van der Waals surface area contributed by atoms with Crippen molar-refractivity contribution >= 4 is 13.3 Å². The summed E-state index contributed by atoms with van der Waals surface area (Å²) < 4.78 is 0. The lowest BCUT2D eigenvalue weighted by Crippen LogP contribution is -2.50. The van der Waals surface area contributed by atoms with Gasteiger partial charge in [0.2, 0.25) is 0 Å². The molecule has 22 heavy (non-hydrogen) atoms. The standard InChI is InChI=1S/C20H30OSi/c1-16(2)9-8-10-17-13-14-20(19(21)15-17)22(3,4)18-11-6-5-7-12-18/h5-7,9,11-13,19-21H,8,10,14-15H2,1-4H3/t19-,20-/m0/s1. The molecule has 0 saturated carbocycles. The highest BCUT2D eigenvalue weighted by Crippen LogP contribution is 2.37. The predicted octanol–water partition coefficient (Wildman–Crippen LogP) is 4.80. The van der Waals surface area contributed by atoms with Crippen LogP contribution in [0.2, 0.25) is 18.6 Å². The van der Waals surface area contributed by atoms with Crippen LogP contribution in [-0.2, 0) is 0 Å². The molecule has 1 nitrogen and oxygen atoms in total. The molecule has 0 aromatic heterocycles. The molecule has 120 valence electrons. The molecular weight excluding hydrogens is 284 g/mol. The summed E-state index contributed by atoms with van der Waals surface area (Å²) in [5, 5.41) is 12.2. The smallest absolute Gasteiger partial charge is 0.0865 e. The van der Waals surface area contributed by atoms with Gasteiger partial charge in [0.05, 0.1) is 14.2 Å². The molecule has 1 N–H and O–H groups in total. The van der Waals surface area contributed by atoms with Crippen molar-refractivity contribution in [3.8, 4) is 0 Å². The van der Waals surface area contributed by atoms with Gasteiger partial charge in [-0.15, -0.1) is 0 Å². The van der Waals surface area contributed by atoms with Crippen LogP contribution in [0.5, 0.6) is 0 Å². The summed E-state index contributed by atoms with van der Waals surface area (Å²) in [6.07, 6.45) is 8.64. The molecular formula is C20H30OSi.